The molecule has 4 nitrogen and oxygen atoms in total. The molecule has 0 fully saturated rings. The number of hydrogen-bond donors (Lipinski definition) is 0. The van der Waals surface area contributed by atoms with Gasteiger partial charge in [-0.15, -0.1) is 11.3 Å². The molecule has 0 unspecified atom stereocenters. The predicted octanol–water partition coefficient (Wildman–Crippen LogP) is 14.7. The Kier molecular flexibility index (Phi) is 6.85. The number of para-hydroxylation sites is 4. The van der Waals surface area contributed by atoms with Gasteiger partial charge in [0.1, 0.15) is 5.69 Å². The van der Waals surface area contributed by atoms with E-state index < -0.39 is 0 Å². The Morgan fingerprint density at radius 1 is 0.373 bits per heavy atom. The molecule has 0 N–H and O–H groups in total. The third kappa shape index (κ3) is 4.83. The van der Waals surface area contributed by atoms with Crippen LogP contribution in [0.5, 0.6) is 0 Å². The molecular formula is C54H32N4S. The second-order valence-electron chi connectivity index (χ2n) is 15.4. The van der Waals surface area contributed by atoms with Crippen molar-refractivity contribution in [3.63, 3.8) is 0 Å². The fourth-order valence-electron chi connectivity index (χ4n) is 9.40. The van der Waals surface area contributed by atoms with Crippen LogP contribution in [0.15, 0.2) is 194 Å². The molecule has 0 amide bonds. The van der Waals surface area contributed by atoms with E-state index in [1.165, 1.54) is 63.6 Å². The minimum absolute atomic E-state index is 0.804. The minimum Gasteiger partial charge on any atom is -0.309 e. The van der Waals surface area contributed by atoms with Crippen molar-refractivity contribution in [1.82, 2.24) is 19.1 Å². The first-order chi connectivity index (χ1) is 29.2. The van der Waals surface area contributed by atoms with Crippen LogP contribution in [0, 0.1) is 0 Å². The number of benzene rings is 9. The van der Waals surface area contributed by atoms with Crippen LogP contribution in [0.1, 0.15) is 0 Å². The van der Waals surface area contributed by atoms with Crippen molar-refractivity contribution in [3.8, 4) is 33.9 Å². The van der Waals surface area contributed by atoms with Gasteiger partial charge in [-0.2, -0.15) is 0 Å². The van der Waals surface area contributed by atoms with E-state index in [9.17, 15) is 0 Å². The average Bonchev–Trinajstić information content (AvgIpc) is 3.94. The van der Waals surface area contributed by atoms with Gasteiger partial charge in [-0.25, -0.2) is 9.97 Å². The number of nitrogens with zero attached hydrogens (tertiary/aromatic N) is 4. The summed E-state index contributed by atoms with van der Waals surface area (Å²) >= 11 is 1.86. The predicted molar refractivity (Wildman–Crippen MR) is 249 cm³/mol. The molecule has 0 spiro atoms. The first-order valence-corrected chi connectivity index (χ1v) is 20.8. The normalized spacial score (nSPS) is 12.1. The minimum atomic E-state index is 0.804. The molecular weight excluding hydrogens is 737 g/mol. The highest BCUT2D eigenvalue weighted by molar-refractivity contribution is 7.26. The van der Waals surface area contributed by atoms with Gasteiger partial charge in [-0.05, 0) is 88.6 Å². The van der Waals surface area contributed by atoms with E-state index in [1.807, 2.05) is 23.5 Å². The maximum absolute atomic E-state index is 5.55. The second-order valence-corrected chi connectivity index (χ2v) is 16.4. The highest BCUT2D eigenvalue weighted by atomic mass is 32.1. The molecule has 0 saturated carbocycles. The third-order valence-electron chi connectivity index (χ3n) is 12.1. The van der Waals surface area contributed by atoms with Crippen molar-refractivity contribution in [2.45, 2.75) is 0 Å². The monoisotopic (exact) mass is 768 g/mol. The van der Waals surface area contributed by atoms with E-state index in [1.54, 1.807) is 0 Å². The molecule has 0 saturated heterocycles. The Hall–Kier alpha value is -7.60. The van der Waals surface area contributed by atoms with Gasteiger partial charge in [-0.1, -0.05) is 127 Å². The third-order valence-corrected chi connectivity index (χ3v) is 13.3. The molecule has 0 aliphatic carbocycles. The highest BCUT2D eigenvalue weighted by Gasteiger charge is 2.23. The van der Waals surface area contributed by atoms with E-state index in [0.29, 0.717) is 0 Å². The van der Waals surface area contributed by atoms with Gasteiger partial charge in [-0.3, -0.25) is 4.57 Å². The Labute approximate surface area is 342 Å². The number of fused-ring (bicyclic) bond motifs is 11. The number of hydrogen-bond acceptors (Lipinski definition) is 3. The summed E-state index contributed by atoms with van der Waals surface area (Å²) < 4.78 is 7.36. The molecule has 274 valence electrons. The van der Waals surface area contributed by atoms with Crippen LogP contribution in [-0.2, 0) is 0 Å². The van der Waals surface area contributed by atoms with Gasteiger partial charge >= 0.3 is 0 Å². The molecule has 4 heterocycles. The van der Waals surface area contributed by atoms with Crippen LogP contribution in [0.3, 0.4) is 0 Å². The lowest BCUT2D eigenvalue weighted by Gasteiger charge is -2.15. The quantitative estimate of drug-likeness (QED) is 0.179. The summed E-state index contributed by atoms with van der Waals surface area (Å²) in [6.45, 7) is 0. The first kappa shape index (κ1) is 32.5. The first-order valence-electron chi connectivity index (χ1n) is 20.0. The second kappa shape index (κ2) is 12.4. The summed E-state index contributed by atoms with van der Waals surface area (Å²) in [5.74, 6) is 0.804. The van der Waals surface area contributed by atoms with Crippen LogP contribution >= 0.6 is 11.3 Å². The lowest BCUT2D eigenvalue weighted by Crippen LogP contribution is -2.04. The van der Waals surface area contributed by atoms with Crippen molar-refractivity contribution in [1.29, 1.82) is 0 Å². The average molecular weight is 769 g/mol. The fraction of sp³-hybridized carbons (Fsp3) is 0. The van der Waals surface area contributed by atoms with Gasteiger partial charge in [0.25, 0.3) is 0 Å². The molecule has 0 aliphatic rings. The van der Waals surface area contributed by atoms with E-state index in [0.717, 1.165) is 55.9 Å². The molecule has 4 aromatic heterocycles. The Balaban J connectivity index is 1.14. The smallest absolute Gasteiger partial charge is 0.165 e. The lowest BCUT2D eigenvalue weighted by molar-refractivity contribution is 1.08. The summed E-state index contributed by atoms with van der Waals surface area (Å²) in [4.78, 5) is 11.0. The highest BCUT2D eigenvalue weighted by Crippen LogP contribution is 2.44. The van der Waals surface area contributed by atoms with Crippen LogP contribution in [0.25, 0.3) is 119 Å². The molecule has 59 heavy (non-hydrogen) atoms. The van der Waals surface area contributed by atoms with Crippen molar-refractivity contribution in [2.75, 3.05) is 0 Å². The molecule has 0 aliphatic heterocycles. The van der Waals surface area contributed by atoms with Crippen molar-refractivity contribution < 1.29 is 0 Å². The number of thiophene rings is 1. The topological polar surface area (TPSA) is 35.6 Å². The number of rotatable bonds is 4. The van der Waals surface area contributed by atoms with Crippen molar-refractivity contribution in [3.05, 3.63) is 194 Å². The molecule has 0 bridgehead atoms. The zero-order valence-corrected chi connectivity index (χ0v) is 32.5. The molecule has 0 atom stereocenters. The summed E-state index contributed by atoms with van der Waals surface area (Å²) in [6, 6.07) is 70.1. The molecule has 9 aromatic carbocycles. The van der Waals surface area contributed by atoms with Gasteiger partial charge in [0.05, 0.1) is 33.1 Å². The Bertz CT molecular complexity index is 3850. The lowest BCUT2D eigenvalue weighted by atomic mass is 9.99. The molecule has 5 heteroatoms. The molecule has 13 aromatic rings. The van der Waals surface area contributed by atoms with E-state index in [-0.39, 0.29) is 0 Å². The van der Waals surface area contributed by atoms with Crippen LogP contribution in [0.4, 0.5) is 0 Å². The Morgan fingerprint density at radius 3 is 1.88 bits per heavy atom. The summed E-state index contributed by atoms with van der Waals surface area (Å²) in [5, 5.41) is 9.79. The maximum Gasteiger partial charge on any atom is 0.165 e. The summed E-state index contributed by atoms with van der Waals surface area (Å²) in [7, 11) is 0. The Morgan fingerprint density at radius 2 is 1.00 bits per heavy atom. The van der Waals surface area contributed by atoms with Crippen molar-refractivity contribution >= 4 is 96.9 Å². The standard InChI is InChI=1S/C54H32N4S/c1-2-18-37(19-3-1)57-47-26-10-6-20-39(47)43-31-44-42-29-33-14-4-5-15-34(33)30-48(42)58(50(44)32-49(43)57)54-52(55-45-24-8-9-25-46(45)56-54)36-17-12-16-35(28-36)38-22-13-23-41-40-21-7-11-27-51(40)59-53(38)41/h1-32H. The maximum atomic E-state index is 5.55. The van der Waals surface area contributed by atoms with Crippen LogP contribution in [-0.4, -0.2) is 19.1 Å². The van der Waals surface area contributed by atoms with Gasteiger partial charge in [0.2, 0.25) is 0 Å². The van der Waals surface area contributed by atoms with Gasteiger partial charge in [0.15, 0.2) is 5.82 Å². The summed E-state index contributed by atoms with van der Waals surface area (Å²) in [6.07, 6.45) is 0. The van der Waals surface area contributed by atoms with Crippen LogP contribution < -0.4 is 0 Å². The van der Waals surface area contributed by atoms with E-state index in [2.05, 4.69) is 191 Å². The SMILES string of the molecule is c1ccc(-n2c3ccccc3c3cc4c5cc6ccccc6cc5n(-c5nc6ccccc6nc5-c5cccc(-c6cccc7c6sc6ccccc67)c5)c4cc32)cc1. The molecule has 0 radical (unpaired) electrons. The zero-order chi connectivity index (χ0) is 38.6. The fourth-order valence-corrected chi connectivity index (χ4v) is 10.6. The largest absolute Gasteiger partial charge is 0.309 e. The van der Waals surface area contributed by atoms with Gasteiger partial charge < -0.3 is 4.57 Å². The zero-order valence-electron chi connectivity index (χ0n) is 31.7. The van der Waals surface area contributed by atoms with Crippen LogP contribution in [0.2, 0.25) is 0 Å². The van der Waals surface area contributed by atoms with Crippen molar-refractivity contribution in [2.24, 2.45) is 0 Å². The van der Waals surface area contributed by atoms with E-state index in [4.69, 9.17) is 9.97 Å². The number of aromatic nitrogens is 4. The summed E-state index contributed by atoms with van der Waals surface area (Å²) in [5.41, 5.74) is 11.6. The van der Waals surface area contributed by atoms with Gasteiger partial charge in [0, 0.05) is 53.0 Å². The van der Waals surface area contributed by atoms with E-state index >= 15 is 0 Å². The molecule has 13 rings (SSSR count).